The van der Waals surface area contributed by atoms with Crippen molar-refractivity contribution in [3.8, 4) is 6.07 Å². The van der Waals surface area contributed by atoms with Gasteiger partial charge in [-0.15, -0.1) is 0 Å². The monoisotopic (exact) mass is 218 g/mol. The van der Waals surface area contributed by atoms with E-state index in [0.717, 1.165) is 0 Å². The van der Waals surface area contributed by atoms with Crippen LogP contribution in [0.4, 0.5) is 5.69 Å². The average Bonchev–Trinajstić information content (AvgIpc) is 2.26. The minimum Gasteiger partial charge on any atom is -0.294 e. The fraction of sp³-hybridized carbons (Fsp3) is 0.273. The number of nitro benzene ring substituents is 1. The lowest BCUT2D eigenvalue weighted by molar-refractivity contribution is -0.385. The molecule has 0 spiro atoms. The molecule has 1 aromatic carbocycles. The van der Waals surface area contributed by atoms with Gasteiger partial charge in [-0.1, -0.05) is 6.92 Å². The second-order valence-electron chi connectivity index (χ2n) is 3.31. The van der Waals surface area contributed by atoms with Crippen molar-refractivity contribution < 1.29 is 9.72 Å². The second-order valence-corrected chi connectivity index (χ2v) is 3.31. The van der Waals surface area contributed by atoms with Gasteiger partial charge in [0.15, 0.2) is 5.78 Å². The number of nitro groups is 1. The highest BCUT2D eigenvalue weighted by molar-refractivity contribution is 5.99. The molecule has 0 bridgehead atoms. The van der Waals surface area contributed by atoms with Crippen molar-refractivity contribution in [2.45, 2.75) is 20.3 Å². The Hall–Kier alpha value is -2.22. The maximum Gasteiger partial charge on any atom is 0.283 e. The number of hydrogen-bond donors (Lipinski definition) is 0. The van der Waals surface area contributed by atoms with E-state index in [1.807, 2.05) is 6.07 Å². The minimum absolute atomic E-state index is 0.000833. The van der Waals surface area contributed by atoms with Crippen molar-refractivity contribution in [3.05, 3.63) is 38.9 Å². The Morgan fingerprint density at radius 3 is 2.56 bits per heavy atom. The van der Waals surface area contributed by atoms with Crippen molar-refractivity contribution in [2.75, 3.05) is 0 Å². The fourth-order valence-electron chi connectivity index (χ4n) is 1.51. The molecule has 82 valence electrons. The number of nitrogens with zero attached hydrogens (tertiary/aromatic N) is 2. The molecule has 0 unspecified atom stereocenters. The summed E-state index contributed by atoms with van der Waals surface area (Å²) in [6.07, 6.45) is 0.409. The topological polar surface area (TPSA) is 84.0 Å². The van der Waals surface area contributed by atoms with Gasteiger partial charge in [-0.3, -0.25) is 14.9 Å². The number of aryl methyl sites for hydroxylation is 1. The Labute approximate surface area is 92.5 Å². The highest BCUT2D eigenvalue weighted by Crippen LogP contribution is 2.26. The second kappa shape index (κ2) is 4.53. The predicted molar refractivity (Wildman–Crippen MR) is 57.2 cm³/mol. The molecule has 1 rings (SSSR count). The summed E-state index contributed by atoms with van der Waals surface area (Å²) in [5.74, 6) is -0.404. The number of carbonyl (C=O) groups excluding carboxylic acids is 1. The van der Waals surface area contributed by atoms with Crippen LogP contribution in [0.5, 0.6) is 0 Å². The summed E-state index contributed by atoms with van der Waals surface area (Å²) in [5.41, 5.74) is 0.497. The first-order valence-corrected chi connectivity index (χ1v) is 4.73. The highest BCUT2D eigenvalue weighted by Gasteiger charge is 2.22. The first-order valence-electron chi connectivity index (χ1n) is 4.73. The molecule has 16 heavy (non-hydrogen) atoms. The van der Waals surface area contributed by atoms with Crippen molar-refractivity contribution in [3.63, 3.8) is 0 Å². The molecular weight excluding hydrogens is 208 g/mol. The predicted octanol–water partition coefficient (Wildman–Crippen LogP) is 2.23. The van der Waals surface area contributed by atoms with Crippen molar-refractivity contribution >= 4 is 11.5 Å². The zero-order valence-corrected chi connectivity index (χ0v) is 8.98. The molecule has 0 atom stereocenters. The van der Waals surface area contributed by atoms with Crippen molar-refractivity contribution in [1.82, 2.24) is 0 Å². The van der Waals surface area contributed by atoms with Gasteiger partial charge in [0, 0.05) is 5.56 Å². The number of benzene rings is 1. The number of ketones is 1. The Bertz CT molecular complexity index is 501. The van der Waals surface area contributed by atoms with E-state index < -0.39 is 10.7 Å². The molecule has 0 fully saturated rings. The zero-order valence-electron chi connectivity index (χ0n) is 8.98. The first kappa shape index (κ1) is 11.9. The number of hydrogen-bond acceptors (Lipinski definition) is 4. The van der Waals surface area contributed by atoms with E-state index in [1.54, 1.807) is 6.92 Å². The standard InChI is InChI=1S/C11H10N2O3/c1-3-9-4-8(6-12)5-10(7(2)14)11(9)13(15)16/h4-5H,3H2,1-2H3. The maximum absolute atomic E-state index is 11.3. The Morgan fingerprint density at radius 2 is 2.19 bits per heavy atom. The summed E-state index contributed by atoms with van der Waals surface area (Å²) >= 11 is 0. The molecule has 0 amide bonds. The van der Waals surface area contributed by atoms with Crippen LogP contribution in [0, 0.1) is 21.4 Å². The Balaban J connectivity index is 3.62. The molecule has 5 heteroatoms. The van der Waals surface area contributed by atoms with Gasteiger partial charge in [0.1, 0.15) is 0 Å². The van der Waals surface area contributed by atoms with Crippen molar-refractivity contribution in [2.24, 2.45) is 0 Å². The van der Waals surface area contributed by atoms with Crippen LogP contribution >= 0.6 is 0 Å². The van der Waals surface area contributed by atoms with Gasteiger partial charge < -0.3 is 0 Å². The average molecular weight is 218 g/mol. The maximum atomic E-state index is 11.3. The van der Waals surface area contributed by atoms with Crippen LogP contribution in [-0.2, 0) is 6.42 Å². The molecule has 0 aromatic heterocycles. The van der Waals surface area contributed by atoms with E-state index in [0.29, 0.717) is 12.0 Å². The number of Topliss-reactive ketones (excluding diaryl/α,β-unsaturated/α-hetero) is 1. The van der Waals surface area contributed by atoms with E-state index in [-0.39, 0.29) is 16.8 Å². The van der Waals surface area contributed by atoms with Gasteiger partial charge in [-0.05, 0) is 25.5 Å². The normalized spacial score (nSPS) is 9.56. The fourth-order valence-corrected chi connectivity index (χ4v) is 1.51. The third-order valence-electron chi connectivity index (χ3n) is 2.26. The quantitative estimate of drug-likeness (QED) is 0.442. The van der Waals surface area contributed by atoms with Gasteiger partial charge in [-0.25, -0.2) is 0 Å². The molecule has 0 radical (unpaired) electrons. The van der Waals surface area contributed by atoms with Crippen LogP contribution in [0.25, 0.3) is 0 Å². The van der Waals surface area contributed by atoms with E-state index >= 15 is 0 Å². The van der Waals surface area contributed by atoms with Gasteiger partial charge in [-0.2, -0.15) is 5.26 Å². The van der Waals surface area contributed by atoms with E-state index in [2.05, 4.69) is 0 Å². The summed E-state index contributed by atoms with van der Waals surface area (Å²) in [6.45, 7) is 3.00. The van der Waals surface area contributed by atoms with Crippen LogP contribution < -0.4 is 0 Å². The zero-order chi connectivity index (χ0) is 12.3. The third kappa shape index (κ3) is 2.06. The van der Waals surface area contributed by atoms with E-state index in [1.165, 1.54) is 19.1 Å². The van der Waals surface area contributed by atoms with Crippen LogP contribution in [0.3, 0.4) is 0 Å². The molecule has 0 saturated carbocycles. The number of rotatable bonds is 3. The van der Waals surface area contributed by atoms with Gasteiger partial charge in [0.25, 0.3) is 5.69 Å². The molecular formula is C11H10N2O3. The smallest absolute Gasteiger partial charge is 0.283 e. The molecule has 5 nitrogen and oxygen atoms in total. The molecule has 0 aliphatic carbocycles. The van der Waals surface area contributed by atoms with Crippen LogP contribution in [-0.4, -0.2) is 10.7 Å². The molecule has 0 saturated heterocycles. The summed E-state index contributed by atoms with van der Waals surface area (Å²) < 4.78 is 0. The number of nitriles is 1. The molecule has 0 heterocycles. The van der Waals surface area contributed by atoms with Crippen LogP contribution in [0.15, 0.2) is 12.1 Å². The molecule has 0 N–H and O–H groups in total. The van der Waals surface area contributed by atoms with Gasteiger partial charge in [0.05, 0.1) is 22.1 Å². The van der Waals surface area contributed by atoms with E-state index in [9.17, 15) is 14.9 Å². The lowest BCUT2D eigenvalue weighted by Crippen LogP contribution is -2.04. The first-order chi connectivity index (χ1) is 7.51. The van der Waals surface area contributed by atoms with Crippen LogP contribution in [0.1, 0.15) is 35.3 Å². The van der Waals surface area contributed by atoms with Gasteiger partial charge >= 0.3 is 0 Å². The van der Waals surface area contributed by atoms with E-state index in [4.69, 9.17) is 5.26 Å². The summed E-state index contributed by atoms with van der Waals surface area (Å²) in [4.78, 5) is 21.6. The minimum atomic E-state index is -0.573. The highest BCUT2D eigenvalue weighted by atomic mass is 16.6. The Kier molecular flexibility index (Phi) is 3.36. The Morgan fingerprint density at radius 1 is 1.56 bits per heavy atom. The largest absolute Gasteiger partial charge is 0.294 e. The molecule has 1 aromatic rings. The lowest BCUT2D eigenvalue weighted by Gasteiger charge is -2.04. The molecule has 0 aliphatic heterocycles. The number of carbonyl (C=O) groups is 1. The summed E-state index contributed by atoms with van der Waals surface area (Å²) in [7, 11) is 0. The van der Waals surface area contributed by atoms with Gasteiger partial charge in [0.2, 0.25) is 0 Å². The summed E-state index contributed by atoms with van der Waals surface area (Å²) in [6, 6.07) is 4.60. The SMILES string of the molecule is CCc1cc(C#N)cc(C(C)=O)c1[N+](=O)[O-]. The lowest BCUT2D eigenvalue weighted by atomic mass is 9.99. The summed E-state index contributed by atoms with van der Waals surface area (Å²) in [5, 5.41) is 19.6. The third-order valence-corrected chi connectivity index (χ3v) is 2.26. The van der Waals surface area contributed by atoms with Crippen molar-refractivity contribution in [1.29, 1.82) is 5.26 Å². The van der Waals surface area contributed by atoms with Crippen LogP contribution in [0.2, 0.25) is 0 Å². The molecule has 0 aliphatic rings.